The first-order valence-corrected chi connectivity index (χ1v) is 6.49. The van der Waals surface area contributed by atoms with E-state index in [1.54, 1.807) is 35.5 Å². The summed E-state index contributed by atoms with van der Waals surface area (Å²) in [6.07, 6.45) is 7.21. The fraction of sp³-hybridized carbons (Fsp3) is 0.133. The lowest BCUT2D eigenvalue weighted by Crippen LogP contribution is -2.14. The zero-order valence-electron chi connectivity index (χ0n) is 11.8. The molecule has 106 valence electrons. The van der Waals surface area contributed by atoms with Crippen LogP contribution in [0.1, 0.15) is 15.9 Å². The van der Waals surface area contributed by atoms with E-state index in [9.17, 15) is 4.79 Å². The van der Waals surface area contributed by atoms with Gasteiger partial charge in [0.15, 0.2) is 0 Å². The highest BCUT2D eigenvalue weighted by atomic mass is 16.1. The summed E-state index contributed by atoms with van der Waals surface area (Å²) in [6.45, 7) is 1.86. The summed E-state index contributed by atoms with van der Waals surface area (Å²) in [5.41, 5.74) is 9.47. The molecule has 1 aromatic carbocycles. The van der Waals surface area contributed by atoms with Crippen LogP contribution in [0.4, 0.5) is 0 Å². The first-order chi connectivity index (χ1) is 10.1. The van der Waals surface area contributed by atoms with Crippen LogP contribution in [0.5, 0.6) is 0 Å². The van der Waals surface area contributed by atoms with E-state index in [4.69, 9.17) is 5.73 Å². The molecule has 2 N–H and O–H groups in total. The largest absolute Gasteiger partial charge is 0.366 e. The number of primary amides is 1. The van der Waals surface area contributed by atoms with Crippen molar-refractivity contribution in [1.29, 1.82) is 0 Å². The Bertz CT molecular complexity index is 815. The maximum atomic E-state index is 11.4. The third kappa shape index (κ3) is 2.20. The monoisotopic (exact) mass is 281 g/mol. The minimum absolute atomic E-state index is 0.437. The highest BCUT2D eigenvalue weighted by Crippen LogP contribution is 2.22. The molecule has 0 aliphatic heterocycles. The summed E-state index contributed by atoms with van der Waals surface area (Å²) in [4.78, 5) is 15.5. The van der Waals surface area contributed by atoms with Crippen molar-refractivity contribution < 1.29 is 4.79 Å². The predicted octanol–water partition coefficient (Wildman–Crippen LogP) is 1.68. The van der Waals surface area contributed by atoms with Gasteiger partial charge in [-0.1, -0.05) is 6.07 Å². The van der Waals surface area contributed by atoms with Crippen LogP contribution in [0.3, 0.4) is 0 Å². The van der Waals surface area contributed by atoms with Crippen LogP contribution >= 0.6 is 0 Å². The molecule has 0 saturated heterocycles. The Hall–Kier alpha value is -2.89. The van der Waals surface area contributed by atoms with E-state index >= 15 is 0 Å². The van der Waals surface area contributed by atoms with Crippen molar-refractivity contribution in [2.75, 3.05) is 0 Å². The minimum Gasteiger partial charge on any atom is -0.366 e. The number of rotatable bonds is 3. The number of carbonyl (C=O) groups is 1. The number of hydrogen-bond acceptors (Lipinski definition) is 3. The Morgan fingerprint density at radius 2 is 2.10 bits per heavy atom. The van der Waals surface area contributed by atoms with Crippen LogP contribution in [0.15, 0.2) is 43.1 Å². The molecule has 3 aromatic rings. The van der Waals surface area contributed by atoms with Gasteiger partial charge in [0, 0.05) is 24.4 Å². The van der Waals surface area contributed by atoms with Gasteiger partial charge < -0.3 is 10.3 Å². The molecule has 0 bridgehead atoms. The zero-order chi connectivity index (χ0) is 15.0. The molecule has 0 radical (unpaired) electrons. The lowest BCUT2D eigenvalue weighted by molar-refractivity contribution is 0.0999. The fourth-order valence-electron chi connectivity index (χ4n) is 2.36. The number of nitrogens with zero attached hydrogens (tertiary/aromatic N) is 4. The van der Waals surface area contributed by atoms with Crippen LogP contribution in [0, 0.1) is 6.92 Å². The molecular weight excluding hydrogens is 266 g/mol. The fourth-order valence-corrected chi connectivity index (χ4v) is 2.36. The van der Waals surface area contributed by atoms with E-state index in [0.717, 1.165) is 22.5 Å². The van der Waals surface area contributed by atoms with Crippen molar-refractivity contribution in [3.05, 3.63) is 54.2 Å². The zero-order valence-corrected chi connectivity index (χ0v) is 11.8. The quantitative estimate of drug-likeness (QED) is 0.793. The topological polar surface area (TPSA) is 78.7 Å². The molecule has 0 unspecified atom stereocenters. The lowest BCUT2D eigenvalue weighted by atomic mass is 10.1. The Labute approximate surface area is 121 Å². The van der Waals surface area contributed by atoms with Crippen molar-refractivity contribution in [2.24, 2.45) is 12.8 Å². The van der Waals surface area contributed by atoms with Crippen LogP contribution in [0.2, 0.25) is 0 Å². The van der Waals surface area contributed by atoms with E-state index in [1.807, 2.05) is 30.8 Å². The van der Waals surface area contributed by atoms with Crippen LogP contribution in [-0.2, 0) is 7.05 Å². The summed E-state index contributed by atoms with van der Waals surface area (Å²) >= 11 is 0. The molecular formula is C15H15N5O. The van der Waals surface area contributed by atoms with Gasteiger partial charge in [-0.25, -0.2) is 9.67 Å². The van der Waals surface area contributed by atoms with Gasteiger partial charge in [0.2, 0.25) is 5.91 Å². The summed E-state index contributed by atoms with van der Waals surface area (Å²) in [5.74, 6) is -0.437. The number of aryl methyl sites for hydroxylation is 1. The molecule has 0 saturated carbocycles. The van der Waals surface area contributed by atoms with Crippen molar-refractivity contribution in [2.45, 2.75) is 6.92 Å². The highest BCUT2D eigenvalue weighted by Gasteiger charge is 2.12. The van der Waals surface area contributed by atoms with E-state index in [1.165, 1.54) is 0 Å². The van der Waals surface area contributed by atoms with Crippen LogP contribution in [-0.4, -0.2) is 25.2 Å². The van der Waals surface area contributed by atoms with E-state index in [0.29, 0.717) is 5.56 Å². The molecule has 0 aliphatic carbocycles. The van der Waals surface area contributed by atoms with Crippen molar-refractivity contribution in [3.63, 3.8) is 0 Å². The summed E-state index contributed by atoms with van der Waals surface area (Å²) in [5, 5.41) is 4.37. The Morgan fingerprint density at radius 3 is 2.76 bits per heavy atom. The summed E-state index contributed by atoms with van der Waals surface area (Å²) < 4.78 is 3.66. The predicted molar refractivity (Wildman–Crippen MR) is 79.0 cm³/mol. The lowest BCUT2D eigenvalue weighted by Gasteiger charge is -2.08. The number of nitrogens with two attached hydrogens (primary N) is 1. The Balaban J connectivity index is 2.07. The molecule has 2 aromatic heterocycles. The number of hydrogen-bond donors (Lipinski definition) is 1. The Kier molecular flexibility index (Phi) is 3.06. The molecule has 1 amide bonds. The van der Waals surface area contributed by atoms with Gasteiger partial charge in [0.25, 0.3) is 0 Å². The molecule has 0 aliphatic rings. The maximum absolute atomic E-state index is 11.4. The van der Waals surface area contributed by atoms with Gasteiger partial charge >= 0.3 is 0 Å². The average molecular weight is 281 g/mol. The molecule has 6 heteroatoms. The molecule has 3 rings (SSSR count). The van der Waals surface area contributed by atoms with E-state index in [-0.39, 0.29) is 0 Å². The van der Waals surface area contributed by atoms with Gasteiger partial charge in [0.05, 0.1) is 30.1 Å². The van der Waals surface area contributed by atoms with Gasteiger partial charge in [0.1, 0.15) is 0 Å². The molecule has 0 atom stereocenters. The van der Waals surface area contributed by atoms with Gasteiger partial charge in [-0.15, -0.1) is 0 Å². The second-order valence-corrected chi connectivity index (χ2v) is 4.88. The summed E-state index contributed by atoms with van der Waals surface area (Å²) in [7, 11) is 1.93. The maximum Gasteiger partial charge on any atom is 0.249 e. The second kappa shape index (κ2) is 4.90. The minimum atomic E-state index is -0.437. The molecule has 0 fully saturated rings. The Morgan fingerprint density at radius 1 is 1.29 bits per heavy atom. The molecule has 21 heavy (non-hydrogen) atoms. The average Bonchev–Trinajstić information content (AvgIpc) is 3.07. The first-order valence-electron chi connectivity index (χ1n) is 6.49. The molecule has 6 nitrogen and oxygen atoms in total. The first kappa shape index (κ1) is 13.1. The molecule has 0 spiro atoms. The second-order valence-electron chi connectivity index (χ2n) is 4.88. The van der Waals surface area contributed by atoms with E-state index < -0.39 is 5.91 Å². The standard InChI is InChI=1S/C15H15N5O/c1-10-12(15(16)21)4-3-5-13(10)20-8-11(6-18-20)14-7-17-9-19(14)2/h3-9H,1-2H3,(H2,16,21). The number of imidazole rings is 1. The van der Waals surface area contributed by atoms with Gasteiger partial charge in [-0.05, 0) is 24.6 Å². The van der Waals surface area contributed by atoms with Crippen LogP contribution in [0.25, 0.3) is 16.9 Å². The van der Waals surface area contributed by atoms with Crippen molar-refractivity contribution >= 4 is 5.91 Å². The number of carbonyl (C=O) groups excluding carboxylic acids is 1. The third-order valence-electron chi connectivity index (χ3n) is 3.51. The van der Waals surface area contributed by atoms with E-state index in [2.05, 4.69) is 10.1 Å². The van der Waals surface area contributed by atoms with Crippen molar-refractivity contribution in [1.82, 2.24) is 19.3 Å². The highest BCUT2D eigenvalue weighted by molar-refractivity contribution is 5.95. The van der Waals surface area contributed by atoms with Gasteiger partial charge in [-0.2, -0.15) is 5.10 Å². The number of amides is 1. The van der Waals surface area contributed by atoms with Gasteiger partial charge in [-0.3, -0.25) is 4.79 Å². The number of aromatic nitrogens is 4. The summed E-state index contributed by atoms with van der Waals surface area (Å²) in [6, 6.07) is 5.42. The smallest absolute Gasteiger partial charge is 0.249 e. The van der Waals surface area contributed by atoms with Crippen molar-refractivity contribution in [3.8, 4) is 16.9 Å². The number of benzene rings is 1. The molecule has 2 heterocycles. The SMILES string of the molecule is Cc1c(C(N)=O)cccc1-n1cc(-c2cncn2C)cn1. The third-order valence-corrected chi connectivity index (χ3v) is 3.51. The normalized spacial score (nSPS) is 10.8. The van der Waals surface area contributed by atoms with Crippen LogP contribution < -0.4 is 5.73 Å².